The Bertz CT molecular complexity index is 928. The lowest BCUT2D eigenvalue weighted by Crippen LogP contribution is -2.21. The molecule has 0 radical (unpaired) electrons. The SMILES string of the molecule is O=c1[nH]c2ccc(CNc3ncc(F)c(N4CCCC4)n3)cc2[nH]1. The van der Waals surface area contributed by atoms with Crippen molar-refractivity contribution >= 4 is 22.8 Å². The maximum Gasteiger partial charge on any atom is 0.323 e. The molecule has 3 aromatic rings. The Morgan fingerprint density at radius 3 is 2.83 bits per heavy atom. The predicted molar refractivity (Wildman–Crippen MR) is 89.7 cm³/mol. The Hall–Kier alpha value is -2.90. The lowest BCUT2D eigenvalue weighted by atomic mass is 10.2. The number of nitrogens with zero attached hydrogens (tertiary/aromatic N) is 3. The Balaban J connectivity index is 1.52. The molecular weight excluding hydrogens is 311 g/mol. The largest absolute Gasteiger partial charge is 0.354 e. The van der Waals surface area contributed by atoms with Gasteiger partial charge in [0.25, 0.3) is 0 Å². The van der Waals surface area contributed by atoms with E-state index in [0.717, 1.165) is 42.5 Å². The first-order valence-electron chi connectivity index (χ1n) is 7.91. The van der Waals surface area contributed by atoms with Gasteiger partial charge >= 0.3 is 5.69 Å². The number of benzene rings is 1. The average molecular weight is 328 g/mol. The van der Waals surface area contributed by atoms with E-state index >= 15 is 0 Å². The van der Waals surface area contributed by atoms with Gasteiger partial charge < -0.3 is 20.2 Å². The van der Waals surface area contributed by atoms with E-state index in [2.05, 4.69) is 25.3 Å². The molecule has 0 atom stereocenters. The Labute approximate surface area is 136 Å². The number of aromatic nitrogens is 4. The van der Waals surface area contributed by atoms with Crippen molar-refractivity contribution in [2.45, 2.75) is 19.4 Å². The van der Waals surface area contributed by atoms with Gasteiger partial charge in [0.2, 0.25) is 5.95 Å². The van der Waals surface area contributed by atoms with Crippen LogP contribution in [0.2, 0.25) is 0 Å². The van der Waals surface area contributed by atoms with Crippen molar-refractivity contribution in [2.24, 2.45) is 0 Å². The molecule has 1 aliphatic rings. The fraction of sp³-hybridized carbons (Fsp3) is 0.312. The van der Waals surface area contributed by atoms with Crippen LogP contribution in [0.25, 0.3) is 11.0 Å². The van der Waals surface area contributed by atoms with Gasteiger partial charge in [-0.15, -0.1) is 0 Å². The number of hydrogen-bond acceptors (Lipinski definition) is 5. The van der Waals surface area contributed by atoms with Crippen molar-refractivity contribution in [3.8, 4) is 0 Å². The second-order valence-electron chi connectivity index (χ2n) is 5.87. The summed E-state index contributed by atoms with van der Waals surface area (Å²) in [6.07, 6.45) is 3.32. The molecule has 0 saturated carbocycles. The van der Waals surface area contributed by atoms with Crippen LogP contribution < -0.4 is 15.9 Å². The summed E-state index contributed by atoms with van der Waals surface area (Å²) in [5.41, 5.74) is 2.25. The second-order valence-corrected chi connectivity index (χ2v) is 5.87. The van der Waals surface area contributed by atoms with Crippen LogP contribution in [-0.4, -0.2) is 33.0 Å². The van der Waals surface area contributed by atoms with Crippen LogP contribution in [-0.2, 0) is 6.54 Å². The van der Waals surface area contributed by atoms with Gasteiger partial charge in [0.1, 0.15) is 0 Å². The highest BCUT2D eigenvalue weighted by Crippen LogP contribution is 2.22. The zero-order valence-corrected chi connectivity index (χ0v) is 13.0. The molecule has 2 aromatic heterocycles. The number of fused-ring (bicyclic) bond motifs is 1. The summed E-state index contributed by atoms with van der Waals surface area (Å²) < 4.78 is 13.9. The summed E-state index contributed by atoms with van der Waals surface area (Å²) in [7, 11) is 0. The Morgan fingerprint density at radius 1 is 1.21 bits per heavy atom. The van der Waals surface area contributed by atoms with Crippen molar-refractivity contribution in [2.75, 3.05) is 23.3 Å². The summed E-state index contributed by atoms with van der Waals surface area (Å²) in [5, 5.41) is 3.11. The smallest absolute Gasteiger partial charge is 0.323 e. The second kappa shape index (κ2) is 5.95. The summed E-state index contributed by atoms with van der Waals surface area (Å²) in [5.74, 6) is 0.352. The van der Waals surface area contributed by atoms with Crippen molar-refractivity contribution in [3.63, 3.8) is 0 Å². The molecular formula is C16H17FN6O. The van der Waals surface area contributed by atoms with Crippen LogP contribution >= 0.6 is 0 Å². The number of nitrogens with one attached hydrogen (secondary N) is 3. The zero-order valence-electron chi connectivity index (χ0n) is 13.0. The van der Waals surface area contributed by atoms with E-state index in [0.29, 0.717) is 18.3 Å². The van der Waals surface area contributed by atoms with Crippen LogP contribution in [0.1, 0.15) is 18.4 Å². The van der Waals surface area contributed by atoms with E-state index in [9.17, 15) is 9.18 Å². The van der Waals surface area contributed by atoms with Crippen molar-refractivity contribution in [3.05, 3.63) is 46.3 Å². The molecule has 1 aliphatic heterocycles. The maximum atomic E-state index is 13.9. The van der Waals surface area contributed by atoms with Gasteiger partial charge in [-0.25, -0.2) is 14.2 Å². The fourth-order valence-electron chi connectivity index (χ4n) is 2.96. The molecule has 0 unspecified atom stereocenters. The minimum atomic E-state index is -0.395. The topological polar surface area (TPSA) is 89.7 Å². The predicted octanol–water partition coefficient (Wildman–Crippen LogP) is 2.00. The summed E-state index contributed by atoms with van der Waals surface area (Å²) >= 11 is 0. The number of aromatic amines is 2. The first-order chi connectivity index (χ1) is 11.7. The standard InChI is InChI=1S/C16H17FN6O/c17-11-9-19-15(22-14(11)23-5-1-2-6-23)18-8-10-3-4-12-13(7-10)21-16(24)20-12/h3-4,7,9H,1-2,5-6,8H2,(H,18,19,22)(H2,20,21,24). The molecule has 1 saturated heterocycles. The van der Waals surface area contributed by atoms with Gasteiger partial charge in [0.05, 0.1) is 17.2 Å². The van der Waals surface area contributed by atoms with Gasteiger partial charge in [-0.05, 0) is 30.5 Å². The van der Waals surface area contributed by atoms with E-state index in [-0.39, 0.29) is 5.69 Å². The number of rotatable bonds is 4. The number of hydrogen-bond donors (Lipinski definition) is 3. The van der Waals surface area contributed by atoms with Gasteiger partial charge in [-0.2, -0.15) is 4.98 Å². The third-order valence-corrected chi connectivity index (χ3v) is 4.16. The molecule has 0 spiro atoms. The van der Waals surface area contributed by atoms with Gasteiger partial charge in [-0.3, -0.25) is 0 Å². The minimum Gasteiger partial charge on any atom is -0.354 e. The highest BCUT2D eigenvalue weighted by molar-refractivity contribution is 5.75. The lowest BCUT2D eigenvalue weighted by Gasteiger charge is -2.17. The summed E-state index contributed by atoms with van der Waals surface area (Å²) in [6.45, 7) is 2.13. The van der Waals surface area contributed by atoms with Crippen LogP contribution in [0.5, 0.6) is 0 Å². The van der Waals surface area contributed by atoms with E-state index in [1.54, 1.807) is 0 Å². The van der Waals surface area contributed by atoms with E-state index in [4.69, 9.17) is 0 Å². The zero-order chi connectivity index (χ0) is 16.5. The minimum absolute atomic E-state index is 0.229. The molecule has 0 amide bonds. The lowest BCUT2D eigenvalue weighted by molar-refractivity contribution is 0.608. The summed E-state index contributed by atoms with van der Waals surface area (Å²) in [4.78, 5) is 27.0. The van der Waals surface area contributed by atoms with Gasteiger partial charge in [0.15, 0.2) is 11.6 Å². The fourth-order valence-corrected chi connectivity index (χ4v) is 2.96. The number of H-pyrrole nitrogens is 2. The van der Waals surface area contributed by atoms with Crippen molar-refractivity contribution < 1.29 is 4.39 Å². The van der Waals surface area contributed by atoms with Crippen LogP contribution in [0.3, 0.4) is 0 Å². The molecule has 1 fully saturated rings. The number of anilines is 2. The first kappa shape index (κ1) is 14.7. The van der Waals surface area contributed by atoms with Gasteiger partial charge in [-0.1, -0.05) is 6.07 Å². The third-order valence-electron chi connectivity index (χ3n) is 4.16. The van der Waals surface area contributed by atoms with E-state index in [1.165, 1.54) is 6.20 Å². The quantitative estimate of drug-likeness (QED) is 0.681. The van der Waals surface area contributed by atoms with Crippen LogP contribution in [0.4, 0.5) is 16.2 Å². The summed E-state index contributed by atoms with van der Waals surface area (Å²) in [6, 6.07) is 5.63. The maximum absolute atomic E-state index is 13.9. The number of halogens is 1. The van der Waals surface area contributed by atoms with E-state index < -0.39 is 5.82 Å². The van der Waals surface area contributed by atoms with Crippen molar-refractivity contribution in [1.82, 2.24) is 19.9 Å². The molecule has 4 rings (SSSR count). The average Bonchev–Trinajstić information content (AvgIpc) is 3.22. The molecule has 124 valence electrons. The molecule has 1 aromatic carbocycles. The number of imidazole rings is 1. The third kappa shape index (κ3) is 2.82. The molecule has 24 heavy (non-hydrogen) atoms. The molecule has 8 heteroatoms. The normalized spacial score (nSPS) is 14.5. The highest BCUT2D eigenvalue weighted by Gasteiger charge is 2.18. The highest BCUT2D eigenvalue weighted by atomic mass is 19.1. The monoisotopic (exact) mass is 328 g/mol. The van der Waals surface area contributed by atoms with Gasteiger partial charge in [0, 0.05) is 19.6 Å². The molecule has 7 nitrogen and oxygen atoms in total. The van der Waals surface area contributed by atoms with Crippen molar-refractivity contribution in [1.29, 1.82) is 0 Å². The van der Waals surface area contributed by atoms with E-state index in [1.807, 2.05) is 23.1 Å². The Morgan fingerprint density at radius 2 is 2.00 bits per heavy atom. The molecule has 3 N–H and O–H groups in total. The molecule has 0 bridgehead atoms. The van der Waals surface area contributed by atoms with Crippen LogP contribution in [0, 0.1) is 5.82 Å². The Kier molecular flexibility index (Phi) is 3.64. The first-order valence-corrected chi connectivity index (χ1v) is 7.91. The molecule has 0 aliphatic carbocycles. The molecule has 3 heterocycles. The van der Waals surface area contributed by atoms with Crippen LogP contribution in [0.15, 0.2) is 29.2 Å².